The second-order valence-electron chi connectivity index (χ2n) is 7.36. The average molecular weight is 424 g/mol. The normalized spacial score (nSPS) is 15.6. The van der Waals surface area contributed by atoms with E-state index in [0.29, 0.717) is 35.9 Å². The van der Waals surface area contributed by atoms with Gasteiger partial charge in [0.15, 0.2) is 0 Å². The Morgan fingerprint density at radius 2 is 1.84 bits per heavy atom. The lowest BCUT2D eigenvalue weighted by molar-refractivity contribution is -0.122. The summed E-state index contributed by atoms with van der Waals surface area (Å²) >= 11 is 0. The molecule has 3 rings (SSSR count). The molecule has 0 saturated carbocycles. The van der Waals surface area contributed by atoms with Crippen LogP contribution in [0.15, 0.2) is 48.5 Å². The van der Waals surface area contributed by atoms with Crippen molar-refractivity contribution in [2.24, 2.45) is 5.92 Å². The Kier molecular flexibility index (Phi) is 7.65. The standard InChI is InChI=1S/C24H28N2O5/c1-3-5-14-31-24(29)17-10-12-19(13-11-17)25-23(28)18-15-22(27)26(16-18)20-8-6-7-9-21(20)30-4-2/h6-13,18H,3-5,14-16H2,1-2H3,(H,25,28)/t18-/m0/s1. The summed E-state index contributed by atoms with van der Waals surface area (Å²) in [5.74, 6) is -0.571. The lowest BCUT2D eigenvalue weighted by atomic mass is 10.1. The van der Waals surface area contributed by atoms with Gasteiger partial charge in [0.05, 0.1) is 30.4 Å². The van der Waals surface area contributed by atoms with Gasteiger partial charge in [0.2, 0.25) is 11.8 Å². The number of para-hydroxylation sites is 2. The molecular formula is C24H28N2O5. The first-order valence-electron chi connectivity index (χ1n) is 10.6. The Balaban J connectivity index is 1.60. The topological polar surface area (TPSA) is 84.9 Å². The van der Waals surface area contributed by atoms with Crippen LogP contribution >= 0.6 is 0 Å². The maximum Gasteiger partial charge on any atom is 0.338 e. The van der Waals surface area contributed by atoms with Crippen LogP contribution in [0.25, 0.3) is 0 Å². The largest absolute Gasteiger partial charge is 0.492 e. The van der Waals surface area contributed by atoms with Crippen LogP contribution in [-0.2, 0) is 14.3 Å². The van der Waals surface area contributed by atoms with E-state index in [1.807, 2.05) is 38.1 Å². The number of nitrogens with one attached hydrogen (secondary N) is 1. The third-order valence-corrected chi connectivity index (χ3v) is 5.07. The van der Waals surface area contributed by atoms with E-state index in [1.165, 1.54) is 0 Å². The highest BCUT2D eigenvalue weighted by Gasteiger charge is 2.36. The molecule has 31 heavy (non-hydrogen) atoms. The van der Waals surface area contributed by atoms with Gasteiger partial charge in [-0.2, -0.15) is 0 Å². The number of carbonyl (C=O) groups is 3. The predicted molar refractivity (Wildman–Crippen MR) is 118 cm³/mol. The van der Waals surface area contributed by atoms with Crippen molar-refractivity contribution in [3.05, 3.63) is 54.1 Å². The summed E-state index contributed by atoms with van der Waals surface area (Å²) < 4.78 is 10.8. The van der Waals surface area contributed by atoms with Gasteiger partial charge >= 0.3 is 5.97 Å². The van der Waals surface area contributed by atoms with Gasteiger partial charge in [-0.25, -0.2) is 4.79 Å². The summed E-state index contributed by atoms with van der Waals surface area (Å²) in [5.41, 5.74) is 1.68. The van der Waals surface area contributed by atoms with Crippen LogP contribution in [0.1, 0.15) is 43.5 Å². The minimum Gasteiger partial charge on any atom is -0.492 e. The number of hydrogen-bond donors (Lipinski definition) is 1. The summed E-state index contributed by atoms with van der Waals surface area (Å²) in [6, 6.07) is 13.9. The first kappa shape index (κ1) is 22.3. The molecule has 1 saturated heterocycles. The fourth-order valence-corrected chi connectivity index (χ4v) is 3.40. The third-order valence-electron chi connectivity index (χ3n) is 5.07. The number of nitrogens with zero attached hydrogens (tertiary/aromatic N) is 1. The van der Waals surface area contributed by atoms with Gasteiger partial charge in [-0.3, -0.25) is 9.59 Å². The fraction of sp³-hybridized carbons (Fsp3) is 0.375. The molecule has 1 N–H and O–H groups in total. The van der Waals surface area contributed by atoms with E-state index in [0.717, 1.165) is 12.8 Å². The second kappa shape index (κ2) is 10.6. The number of unbranched alkanes of at least 4 members (excludes halogenated alkanes) is 1. The Hall–Kier alpha value is -3.35. The Morgan fingerprint density at radius 1 is 1.10 bits per heavy atom. The zero-order valence-corrected chi connectivity index (χ0v) is 17.9. The summed E-state index contributed by atoms with van der Waals surface area (Å²) in [4.78, 5) is 38.9. The van der Waals surface area contributed by atoms with Crippen LogP contribution in [0.4, 0.5) is 11.4 Å². The van der Waals surface area contributed by atoms with E-state index < -0.39 is 5.92 Å². The van der Waals surface area contributed by atoms with Gasteiger partial charge in [0, 0.05) is 18.7 Å². The first-order valence-corrected chi connectivity index (χ1v) is 10.6. The molecule has 2 aromatic carbocycles. The SMILES string of the molecule is CCCCOC(=O)c1ccc(NC(=O)[C@H]2CC(=O)N(c3ccccc3OCC)C2)cc1. The molecular weight excluding hydrogens is 396 g/mol. The number of carbonyl (C=O) groups excluding carboxylic acids is 3. The molecule has 164 valence electrons. The highest BCUT2D eigenvalue weighted by Crippen LogP contribution is 2.33. The Bertz CT molecular complexity index is 926. The van der Waals surface area contributed by atoms with Crippen molar-refractivity contribution >= 4 is 29.2 Å². The predicted octanol–water partition coefficient (Wildman–Crippen LogP) is 4.03. The molecule has 1 aliphatic rings. The molecule has 0 aliphatic carbocycles. The van der Waals surface area contributed by atoms with E-state index in [9.17, 15) is 14.4 Å². The number of ether oxygens (including phenoxy) is 2. The molecule has 0 bridgehead atoms. The zero-order valence-electron chi connectivity index (χ0n) is 17.9. The quantitative estimate of drug-likeness (QED) is 0.485. The number of hydrogen-bond acceptors (Lipinski definition) is 5. The van der Waals surface area contributed by atoms with E-state index in [2.05, 4.69) is 5.32 Å². The maximum absolute atomic E-state index is 12.7. The minimum absolute atomic E-state index is 0.113. The number of rotatable bonds is 9. The van der Waals surface area contributed by atoms with Gasteiger partial charge in [-0.1, -0.05) is 25.5 Å². The van der Waals surface area contributed by atoms with Crippen molar-refractivity contribution in [3.8, 4) is 5.75 Å². The molecule has 1 heterocycles. The molecule has 7 heteroatoms. The van der Waals surface area contributed by atoms with Crippen molar-refractivity contribution in [2.75, 3.05) is 30.0 Å². The first-order chi connectivity index (χ1) is 15.0. The molecule has 0 aromatic heterocycles. The van der Waals surface area contributed by atoms with Gasteiger partial charge < -0.3 is 19.7 Å². The van der Waals surface area contributed by atoms with Crippen LogP contribution < -0.4 is 15.0 Å². The molecule has 1 aliphatic heterocycles. The van der Waals surface area contributed by atoms with Gasteiger partial charge in [-0.15, -0.1) is 0 Å². The number of benzene rings is 2. The van der Waals surface area contributed by atoms with Crippen LogP contribution in [0.2, 0.25) is 0 Å². The van der Waals surface area contributed by atoms with Crippen LogP contribution in [-0.4, -0.2) is 37.5 Å². The zero-order chi connectivity index (χ0) is 22.2. The van der Waals surface area contributed by atoms with Crippen LogP contribution in [0, 0.1) is 5.92 Å². The molecule has 7 nitrogen and oxygen atoms in total. The minimum atomic E-state index is -0.471. The number of amides is 2. The van der Waals surface area contributed by atoms with Gasteiger partial charge in [0.25, 0.3) is 0 Å². The smallest absolute Gasteiger partial charge is 0.338 e. The number of anilines is 2. The molecule has 0 unspecified atom stereocenters. The fourth-order valence-electron chi connectivity index (χ4n) is 3.40. The average Bonchev–Trinajstić information content (AvgIpc) is 3.16. The van der Waals surface area contributed by atoms with Gasteiger partial charge in [0.1, 0.15) is 5.75 Å². The van der Waals surface area contributed by atoms with Crippen molar-refractivity contribution in [3.63, 3.8) is 0 Å². The highest BCUT2D eigenvalue weighted by atomic mass is 16.5. The van der Waals surface area contributed by atoms with Crippen LogP contribution in [0.5, 0.6) is 5.75 Å². The molecule has 1 atom stereocenters. The molecule has 1 fully saturated rings. The molecule has 0 spiro atoms. The molecule has 0 radical (unpaired) electrons. The Morgan fingerprint density at radius 3 is 2.55 bits per heavy atom. The van der Waals surface area contributed by atoms with Gasteiger partial charge in [-0.05, 0) is 49.7 Å². The van der Waals surface area contributed by atoms with Crippen molar-refractivity contribution in [2.45, 2.75) is 33.1 Å². The van der Waals surface area contributed by atoms with E-state index in [-0.39, 0.29) is 30.7 Å². The number of esters is 1. The van der Waals surface area contributed by atoms with E-state index in [1.54, 1.807) is 29.2 Å². The van der Waals surface area contributed by atoms with Crippen LogP contribution in [0.3, 0.4) is 0 Å². The van der Waals surface area contributed by atoms with Crippen molar-refractivity contribution in [1.29, 1.82) is 0 Å². The Labute approximate surface area is 182 Å². The highest BCUT2D eigenvalue weighted by molar-refractivity contribution is 6.04. The second-order valence-corrected chi connectivity index (χ2v) is 7.36. The summed E-state index contributed by atoms with van der Waals surface area (Å²) in [7, 11) is 0. The monoisotopic (exact) mass is 424 g/mol. The van der Waals surface area contributed by atoms with E-state index in [4.69, 9.17) is 9.47 Å². The third kappa shape index (κ3) is 5.63. The summed E-state index contributed by atoms with van der Waals surface area (Å²) in [6.45, 7) is 5.09. The van der Waals surface area contributed by atoms with Crippen molar-refractivity contribution < 1.29 is 23.9 Å². The molecule has 2 amide bonds. The lowest BCUT2D eigenvalue weighted by Gasteiger charge is -2.20. The lowest BCUT2D eigenvalue weighted by Crippen LogP contribution is -2.28. The van der Waals surface area contributed by atoms with E-state index >= 15 is 0 Å². The summed E-state index contributed by atoms with van der Waals surface area (Å²) in [5, 5.41) is 2.83. The maximum atomic E-state index is 12.7. The molecule has 2 aromatic rings. The summed E-state index contributed by atoms with van der Waals surface area (Å²) in [6.07, 6.45) is 1.91. The van der Waals surface area contributed by atoms with Crippen molar-refractivity contribution in [1.82, 2.24) is 0 Å².